The van der Waals surface area contributed by atoms with Crippen LogP contribution in [0.3, 0.4) is 0 Å². The quantitative estimate of drug-likeness (QED) is 0.654. The summed E-state index contributed by atoms with van der Waals surface area (Å²) in [5.74, 6) is -1.20. The van der Waals surface area contributed by atoms with E-state index in [4.69, 9.17) is 5.11 Å². The topological polar surface area (TPSA) is 57.6 Å². The number of piperidine rings is 1. The maximum Gasteiger partial charge on any atom is 0.308 e. The van der Waals surface area contributed by atoms with Gasteiger partial charge in [-0.25, -0.2) is 0 Å². The molecule has 2 atom stereocenters. The van der Waals surface area contributed by atoms with E-state index in [1.54, 1.807) is 4.90 Å². The third-order valence-corrected chi connectivity index (χ3v) is 2.64. The first-order valence-electron chi connectivity index (χ1n) is 4.52. The van der Waals surface area contributed by atoms with Gasteiger partial charge in [0.15, 0.2) is 0 Å². The summed E-state index contributed by atoms with van der Waals surface area (Å²) in [5, 5.41) is 8.79. The van der Waals surface area contributed by atoms with Crippen LogP contribution in [0.2, 0.25) is 0 Å². The molecule has 0 aliphatic carbocycles. The molecule has 0 aromatic rings. The number of nitrogens with zero attached hydrogens (tertiary/aromatic N) is 1. The van der Waals surface area contributed by atoms with Crippen molar-refractivity contribution in [3.8, 4) is 0 Å². The fraction of sp³-hybridized carbons (Fsp3) is 0.778. The summed E-state index contributed by atoms with van der Waals surface area (Å²) < 4.78 is 0. The van der Waals surface area contributed by atoms with Crippen LogP contribution in [0.5, 0.6) is 0 Å². The van der Waals surface area contributed by atoms with E-state index in [1.807, 2.05) is 6.92 Å². The maximum absolute atomic E-state index is 11.1. The Morgan fingerprint density at radius 1 is 1.38 bits per heavy atom. The van der Waals surface area contributed by atoms with Crippen molar-refractivity contribution in [2.45, 2.75) is 32.7 Å². The van der Waals surface area contributed by atoms with E-state index in [0.717, 1.165) is 6.42 Å². The lowest BCUT2D eigenvalue weighted by Crippen LogP contribution is -2.46. The van der Waals surface area contributed by atoms with Gasteiger partial charge in [-0.2, -0.15) is 0 Å². The molecule has 4 nitrogen and oxygen atoms in total. The molecule has 0 saturated carbocycles. The minimum Gasteiger partial charge on any atom is -0.481 e. The van der Waals surface area contributed by atoms with Crippen molar-refractivity contribution in [1.82, 2.24) is 4.90 Å². The fourth-order valence-electron chi connectivity index (χ4n) is 1.75. The molecule has 1 heterocycles. The number of carbonyl (C=O) groups is 2. The number of likely N-dealkylation sites (tertiary alicyclic amines) is 1. The Morgan fingerprint density at radius 3 is 2.46 bits per heavy atom. The zero-order chi connectivity index (χ0) is 10.0. The fourth-order valence-corrected chi connectivity index (χ4v) is 1.75. The highest BCUT2D eigenvalue weighted by atomic mass is 16.4. The molecule has 0 aromatic carbocycles. The maximum atomic E-state index is 11.1. The van der Waals surface area contributed by atoms with Gasteiger partial charge in [-0.3, -0.25) is 9.59 Å². The summed E-state index contributed by atoms with van der Waals surface area (Å²) in [5.41, 5.74) is 0. The molecule has 1 aliphatic rings. The molecule has 1 saturated heterocycles. The van der Waals surface area contributed by atoms with Crippen molar-refractivity contribution in [2.75, 3.05) is 6.54 Å². The van der Waals surface area contributed by atoms with Crippen molar-refractivity contribution in [2.24, 2.45) is 5.92 Å². The van der Waals surface area contributed by atoms with Crippen LogP contribution in [0.1, 0.15) is 26.7 Å². The van der Waals surface area contributed by atoms with Gasteiger partial charge in [0.2, 0.25) is 5.91 Å². The summed E-state index contributed by atoms with van der Waals surface area (Å²) in [6, 6.07) is 0.188. The average Bonchev–Trinajstić information content (AvgIpc) is 2.04. The van der Waals surface area contributed by atoms with Gasteiger partial charge in [0.1, 0.15) is 0 Å². The summed E-state index contributed by atoms with van der Waals surface area (Å²) in [4.78, 5) is 23.4. The Morgan fingerprint density at radius 2 is 2.00 bits per heavy atom. The second kappa shape index (κ2) is 3.77. The third-order valence-electron chi connectivity index (χ3n) is 2.64. The van der Waals surface area contributed by atoms with E-state index in [0.29, 0.717) is 13.0 Å². The molecule has 0 spiro atoms. The van der Waals surface area contributed by atoms with Gasteiger partial charge < -0.3 is 10.0 Å². The molecule has 1 amide bonds. The molecular weight excluding hydrogens is 170 g/mol. The third kappa shape index (κ3) is 2.20. The van der Waals surface area contributed by atoms with Gasteiger partial charge >= 0.3 is 5.97 Å². The molecule has 1 unspecified atom stereocenters. The highest BCUT2D eigenvalue weighted by Crippen LogP contribution is 2.21. The lowest BCUT2D eigenvalue weighted by atomic mass is 9.93. The first kappa shape index (κ1) is 10.0. The normalized spacial score (nSPS) is 28.6. The van der Waals surface area contributed by atoms with Gasteiger partial charge in [-0.1, -0.05) is 0 Å². The van der Waals surface area contributed by atoms with E-state index in [1.165, 1.54) is 6.92 Å². The second-order valence-corrected chi connectivity index (χ2v) is 3.63. The summed E-state index contributed by atoms with van der Waals surface area (Å²) in [6.07, 6.45) is 1.47. The Labute approximate surface area is 77.5 Å². The predicted octanol–water partition coefficient (Wildman–Crippen LogP) is 0.718. The summed E-state index contributed by atoms with van der Waals surface area (Å²) in [6.45, 7) is 3.81. The molecule has 4 heteroatoms. The zero-order valence-electron chi connectivity index (χ0n) is 7.99. The van der Waals surface area contributed by atoms with Crippen molar-refractivity contribution < 1.29 is 14.7 Å². The van der Waals surface area contributed by atoms with E-state index >= 15 is 0 Å². The molecule has 0 aromatic heterocycles. The molecule has 1 aliphatic heterocycles. The Bertz CT molecular complexity index is 227. The molecule has 0 radical (unpaired) electrons. The van der Waals surface area contributed by atoms with E-state index in [-0.39, 0.29) is 17.9 Å². The summed E-state index contributed by atoms with van der Waals surface area (Å²) in [7, 11) is 0. The van der Waals surface area contributed by atoms with Crippen LogP contribution < -0.4 is 0 Å². The Balaban J connectivity index is 2.63. The highest BCUT2D eigenvalue weighted by molar-refractivity contribution is 5.76. The first-order valence-corrected chi connectivity index (χ1v) is 4.52. The second-order valence-electron chi connectivity index (χ2n) is 3.63. The number of amides is 1. The van der Waals surface area contributed by atoms with E-state index in [9.17, 15) is 9.59 Å². The standard InChI is InChI=1S/C9H15NO3/c1-6-3-4-8(9(12)13)5-10(6)7(2)11/h6,8H,3-5H2,1-2H3,(H,12,13)/t6?,8-/m0/s1. The Kier molecular flexibility index (Phi) is 2.90. The van der Waals surface area contributed by atoms with Crippen molar-refractivity contribution in [1.29, 1.82) is 0 Å². The lowest BCUT2D eigenvalue weighted by molar-refractivity contribution is -0.146. The van der Waals surface area contributed by atoms with Crippen molar-refractivity contribution in [3.63, 3.8) is 0 Å². The smallest absolute Gasteiger partial charge is 0.308 e. The van der Waals surface area contributed by atoms with Crippen LogP contribution in [-0.4, -0.2) is 34.5 Å². The van der Waals surface area contributed by atoms with Gasteiger partial charge in [0, 0.05) is 19.5 Å². The molecule has 74 valence electrons. The van der Waals surface area contributed by atoms with Crippen molar-refractivity contribution in [3.05, 3.63) is 0 Å². The molecule has 1 fully saturated rings. The van der Waals surface area contributed by atoms with Crippen LogP contribution in [0.15, 0.2) is 0 Å². The SMILES string of the molecule is CC(=O)N1C[C@@H](C(=O)O)CCC1C. The first-order chi connectivity index (χ1) is 6.02. The van der Waals surface area contributed by atoms with Crippen LogP contribution >= 0.6 is 0 Å². The number of aliphatic carboxylic acids is 1. The van der Waals surface area contributed by atoms with Gasteiger partial charge in [-0.05, 0) is 19.8 Å². The largest absolute Gasteiger partial charge is 0.481 e. The minimum absolute atomic E-state index is 0.0292. The van der Waals surface area contributed by atoms with E-state index in [2.05, 4.69) is 0 Å². The molecule has 0 bridgehead atoms. The molecule has 13 heavy (non-hydrogen) atoms. The highest BCUT2D eigenvalue weighted by Gasteiger charge is 2.30. The average molecular weight is 185 g/mol. The number of hydrogen-bond donors (Lipinski definition) is 1. The monoisotopic (exact) mass is 185 g/mol. The minimum atomic E-state index is -0.793. The molecule has 1 N–H and O–H groups in total. The predicted molar refractivity (Wildman–Crippen MR) is 47.2 cm³/mol. The number of carbonyl (C=O) groups excluding carboxylic acids is 1. The van der Waals surface area contributed by atoms with Crippen LogP contribution in [-0.2, 0) is 9.59 Å². The lowest BCUT2D eigenvalue weighted by Gasteiger charge is -2.35. The zero-order valence-corrected chi connectivity index (χ0v) is 7.99. The van der Waals surface area contributed by atoms with Crippen LogP contribution in [0, 0.1) is 5.92 Å². The summed E-state index contributed by atoms with van der Waals surface area (Å²) >= 11 is 0. The van der Waals surface area contributed by atoms with E-state index < -0.39 is 5.97 Å². The molecular formula is C9H15NO3. The number of carboxylic acid groups (broad SMARTS) is 1. The van der Waals surface area contributed by atoms with Crippen molar-refractivity contribution >= 4 is 11.9 Å². The van der Waals surface area contributed by atoms with Gasteiger partial charge in [0.25, 0.3) is 0 Å². The van der Waals surface area contributed by atoms with Crippen LogP contribution in [0.4, 0.5) is 0 Å². The van der Waals surface area contributed by atoms with Gasteiger partial charge in [0.05, 0.1) is 5.92 Å². The number of rotatable bonds is 1. The molecule has 1 rings (SSSR count). The number of carboxylic acids is 1. The van der Waals surface area contributed by atoms with Crippen LogP contribution in [0.25, 0.3) is 0 Å². The Hall–Kier alpha value is -1.06. The number of hydrogen-bond acceptors (Lipinski definition) is 2. The van der Waals surface area contributed by atoms with Gasteiger partial charge in [-0.15, -0.1) is 0 Å².